The highest BCUT2D eigenvalue weighted by molar-refractivity contribution is 5.99. The van der Waals surface area contributed by atoms with E-state index in [-0.39, 0.29) is 41.5 Å². The monoisotopic (exact) mass is 464 g/mol. The van der Waals surface area contributed by atoms with Crippen molar-refractivity contribution in [2.75, 3.05) is 20.1 Å². The van der Waals surface area contributed by atoms with Gasteiger partial charge in [0.05, 0.1) is 0 Å². The average Bonchev–Trinajstić information content (AvgIpc) is 3.18. The number of likely N-dealkylation sites (tertiary alicyclic amines) is 1. The van der Waals surface area contributed by atoms with E-state index in [1.54, 1.807) is 18.0 Å². The molecular formula is C26H32N4O4. The number of carbonyl (C=O) groups excluding carboxylic acids is 3. The van der Waals surface area contributed by atoms with Gasteiger partial charge in [-0.05, 0) is 45.4 Å². The minimum Gasteiger partial charge on any atom is -0.444 e. The molecule has 1 aromatic carbocycles. The zero-order valence-corrected chi connectivity index (χ0v) is 20.3. The van der Waals surface area contributed by atoms with Crippen molar-refractivity contribution in [3.8, 4) is 0 Å². The summed E-state index contributed by atoms with van der Waals surface area (Å²) in [4.78, 5) is 43.8. The molecule has 1 aromatic heterocycles. The number of ether oxygens (including phenoxy) is 1. The molecule has 1 aliphatic carbocycles. The molecule has 3 atom stereocenters. The molecule has 0 spiro atoms. The van der Waals surface area contributed by atoms with Crippen LogP contribution in [0.5, 0.6) is 0 Å². The highest BCUT2D eigenvalue weighted by atomic mass is 16.6. The van der Waals surface area contributed by atoms with Gasteiger partial charge >= 0.3 is 6.09 Å². The van der Waals surface area contributed by atoms with Gasteiger partial charge in [-0.3, -0.25) is 9.59 Å². The summed E-state index contributed by atoms with van der Waals surface area (Å²) in [7, 11) is 1.54. The first kappa shape index (κ1) is 23.7. The Balaban J connectivity index is 1.43. The molecule has 1 aliphatic heterocycles. The minimum absolute atomic E-state index is 0.0167. The second-order valence-electron chi connectivity index (χ2n) is 10.2. The van der Waals surface area contributed by atoms with Crippen molar-refractivity contribution >= 4 is 17.9 Å². The molecular weight excluding hydrogens is 432 g/mol. The molecule has 1 unspecified atom stereocenters. The number of carbonyl (C=O) groups is 3. The summed E-state index contributed by atoms with van der Waals surface area (Å²) in [6.45, 7) is 8.71. The van der Waals surface area contributed by atoms with Gasteiger partial charge in [0.2, 0.25) is 0 Å². The van der Waals surface area contributed by atoms with E-state index in [4.69, 9.17) is 4.74 Å². The fraction of sp³-hybridized carbons (Fsp3) is 0.462. The lowest BCUT2D eigenvalue weighted by Crippen LogP contribution is -2.40. The van der Waals surface area contributed by atoms with Crippen molar-refractivity contribution < 1.29 is 19.1 Å². The van der Waals surface area contributed by atoms with E-state index in [9.17, 15) is 14.4 Å². The Bertz CT molecular complexity index is 1110. The molecule has 1 saturated heterocycles. The van der Waals surface area contributed by atoms with Crippen molar-refractivity contribution in [1.82, 2.24) is 20.5 Å². The summed E-state index contributed by atoms with van der Waals surface area (Å²) in [6.07, 6.45) is 0.210. The predicted molar refractivity (Wildman–Crippen MR) is 128 cm³/mol. The molecule has 2 aromatic rings. The Kier molecular flexibility index (Phi) is 6.34. The zero-order valence-electron chi connectivity index (χ0n) is 20.3. The standard InChI is InChI=1S/C26H32N4O4/c1-15-7-6-8-16(9-15)10-18-11-17(12-21(28-18)24(32)27-5)23(31)29-22-19-13-30(14-20(19)22)25(33)34-26(2,3)4/h6-9,11-12,19-20,22H,10,13-14H2,1-5H3,(H,27,32)(H,29,31)/t19-,20+,22?. The highest BCUT2D eigenvalue weighted by Crippen LogP contribution is 2.46. The normalized spacial score (nSPS) is 21.0. The van der Waals surface area contributed by atoms with E-state index in [0.29, 0.717) is 30.8 Å². The van der Waals surface area contributed by atoms with Crippen LogP contribution in [0.4, 0.5) is 4.79 Å². The summed E-state index contributed by atoms with van der Waals surface area (Å²) in [5, 5.41) is 5.67. The molecule has 1 saturated carbocycles. The SMILES string of the molecule is CNC(=O)c1cc(C(=O)NC2[C@H]3CN(C(=O)OC(C)(C)C)C[C@@H]23)cc(Cc2cccc(C)c2)n1. The van der Waals surface area contributed by atoms with Crippen molar-refractivity contribution in [2.24, 2.45) is 11.8 Å². The van der Waals surface area contributed by atoms with Crippen LogP contribution in [-0.2, 0) is 11.2 Å². The van der Waals surface area contributed by atoms with Gasteiger partial charge in [0.1, 0.15) is 11.3 Å². The van der Waals surface area contributed by atoms with E-state index in [0.717, 1.165) is 11.1 Å². The Morgan fingerprint density at radius 1 is 1.09 bits per heavy atom. The van der Waals surface area contributed by atoms with Crippen molar-refractivity contribution in [2.45, 2.75) is 45.8 Å². The fourth-order valence-electron chi connectivity index (χ4n) is 4.54. The third kappa shape index (κ3) is 5.38. The number of piperidine rings is 1. The summed E-state index contributed by atoms with van der Waals surface area (Å²) in [5.74, 6) is -0.121. The second kappa shape index (κ2) is 9.08. The summed E-state index contributed by atoms with van der Waals surface area (Å²) in [6, 6.07) is 11.4. The number of fused-ring (bicyclic) bond motifs is 1. The summed E-state index contributed by atoms with van der Waals surface area (Å²) in [5.41, 5.74) is 2.95. The van der Waals surface area contributed by atoms with Gasteiger partial charge in [0.25, 0.3) is 11.8 Å². The second-order valence-corrected chi connectivity index (χ2v) is 10.2. The number of aryl methyl sites for hydroxylation is 1. The van der Waals surface area contributed by atoms with Gasteiger partial charge < -0.3 is 20.3 Å². The van der Waals surface area contributed by atoms with Crippen LogP contribution < -0.4 is 10.6 Å². The first-order valence-corrected chi connectivity index (χ1v) is 11.6. The maximum atomic E-state index is 13.1. The molecule has 4 rings (SSSR count). The molecule has 2 N–H and O–H groups in total. The third-order valence-corrected chi connectivity index (χ3v) is 6.21. The lowest BCUT2D eigenvalue weighted by molar-refractivity contribution is 0.0269. The number of hydrogen-bond donors (Lipinski definition) is 2. The molecule has 2 fully saturated rings. The molecule has 0 radical (unpaired) electrons. The molecule has 3 amide bonds. The van der Waals surface area contributed by atoms with E-state index in [1.807, 2.05) is 45.9 Å². The minimum atomic E-state index is -0.530. The lowest BCUT2D eigenvalue weighted by Gasteiger charge is -2.26. The van der Waals surface area contributed by atoms with Gasteiger partial charge in [-0.25, -0.2) is 9.78 Å². The Labute approximate surface area is 200 Å². The smallest absolute Gasteiger partial charge is 0.410 e. The third-order valence-electron chi connectivity index (χ3n) is 6.21. The van der Waals surface area contributed by atoms with Crippen LogP contribution in [0.25, 0.3) is 0 Å². The number of benzene rings is 1. The van der Waals surface area contributed by atoms with E-state index < -0.39 is 5.60 Å². The number of rotatable bonds is 5. The molecule has 34 heavy (non-hydrogen) atoms. The number of hydrogen-bond acceptors (Lipinski definition) is 5. The summed E-state index contributed by atoms with van der Waals surface area (Å²) < 4.78 is 5.45. The van der Waals surface area contributed by atoms with Crippen molar-refractivity contribution in [3.05, 3.63) is 64.5 Å². The van der Waals surface area contributed by atoms with Gasteiger partial charge in [0, 0.05) is 55.7 Å². The molecule has 180 valence electrons. The molecule has 2 heterocycles. The molecule has 8 heteroatoms. The quantitative estimate of drug-likeness (QED) is 0.709. The zero-order chi connectivity index (χ0) is 24.6. The Hall–Kier alpha value is -3.42. The molecule has 0 bridgehead atoms. The van der Waals surface area contributed by atoms with Crippen molar-refractivity contribution in [1.29, 1.82) is 0 Å². The Morgan fingerprint density at radius 2 is 1.79 bits per heavy atom. The van der Waals surface area contributed by atoms with Gasteiger partial charge in [-0.2, -0.15) is 0 Å². The van der Waals surface area contributed by atoms with E-state index >= 15 is 0 Å². The lowest BCUT2D eigenvalue weighted by atomic mass is 10.0. The highest BCUT2D eigenvalue weighted by Gasteiger charge is 2.58. The maximum absolute atomic E-state index is 13.1. The van der Waals surface area contributed by atoms with Crippen LogP contribution in [-0.4, -0.2) is 59.6 Å². The van der Waals surface area contributed by atoms with Crippen LogP contribution in [0.15, 0.2) is 36.4 Å². The van der Waals surface area contributed by atoms with Gasteiger partial charge in [-0.15, -0.1) is 0 Å². The first-order chi connectivity index (χ1) is 16.0. The topological polar surface area (TPSA) is 101 Å². The Morgan fingerprint density at radius 3 is 2.41 bits per heavy atom. The van der Waals surface area contributed by atoms with E-state index in [2.05, 4.69) is 21.7 Å². The number of pyridine rings is 1. The fourth-order valence-corrected chi connectivity index (χ4v) is 4.54. The average molecular weight is 465 g/mol. The van der Waals surface area contributed by atoms with Crippen LogP contribution >= 0.6 is 0 Å². The number of aromatic nitrogens is 1. The van der Waals surface area contributed by atoms with Crippen molar-refractivity contribution in [3.63, 3.8) is 0 Å². The van der Waals surface area contributed by atoms with Crippen LogP contribution in [0.1, 0.15) is 58.4 Å². The van der Waals surface area contributed by atoms with Gasteiger partial charge in [-0.1, -0.05) is 29.8 Å². The first-order valence-electron chi connectivity index (χ1n) is 11.6. The van der Waals surface area contributed by atoms with Gasteiger partial charge in [0.15, 0.2) is 0 Å². The van der Waals surface area contributed by atoms with E-state index in [1.165, 1.54) is 6.07 Å². The largest absolute Gasteiger partial charge is 0.444 e. The number of nitrogens with zero attached hydrogens (tertiary/aromatic N) is 2. The molecule has 2 aliphatic rings. The summed E-state index contributed by atoms with van der Waals surface area (Å²) >= 11 is 0. The van der Waals surface area contributed by atoms with Crippen LogP contribution in [0, 0.1) is 18.8 Å². The van der Waals surface area contributed by atoms with Crippen LogP contribution in [0.2, 0.25) is 0 Å². The van der Waals surface area contributed by atoms with Crippen LogP contribution in [0.3, 0.4) is 0 Å². The molecule has 8 nitrogen and oxygen atoms in total. The number of nitrogens with one attached hydrogen (secondary N) is 2. The maximum Gasteiger partial charge on any atom is 0.410 e. The number of amides is 3. The predicted octanol–water partition coefficient (Wildman–Crippen LogP) is 2.94.